The molecule has 0 fully saturated rings. The summed E-state index contributed by atoms with van der Waals surface area (Å²) in [5.41, 5.74) is 1.77. The Morgan fingerprint density at radius 3 is 2.88 bits per heavy atom. The number of hydrogen-bond donors (Lipinski definition) is 2. The molecule has 4 nitrogen and oxygen atoms in total. The molecule has 0 bridgehead atoms. The maximum absolute atomic E-state index is 10.9. The molecule has 1 aromatic heterocycles. The van der Waals surface area contributed by atoms with Gasteiger partial charge >= 0.3 is 5.97 Å². The third-order valence-corrected chi connectivity index (χ3v) is 2.60. The summed E-state index contributed by atoms with van der Waals surface area (Å²) >= 11 is 5.77. The van der Waals surface area contributed by atoms with Crippen LogP contribution in [0.5, 0.6) is 0 Å². The van der Waals surface area contributed by atoms with E-state index in [9.17, 15) is 4.79 Å². The quantitative estimate of drug-likeness (QED) is 0.876. The third-order valence-electron chi connectivity index (χ3n) is 2.27. The molecular weight excluding hydrogens is 242 g/mol. The molecule has 0 saturated heterocycles. The largest absolute Gasteiger partial charge is 0.478 e. The number of halogens is 1. The van der Waals surface area contributed by atoms with Crippen LogP contribution in [0.15, 0.2) is 41.2 Å². The smallest absolute Gasteiger partial charge is 0.337 e. The zero-order chi connectivity index (χ0) is 12.3. The molecule has 88 valence electrons. The van der Waals surface area contributed by atoms with Gasteiger partial charge in [0.1, 0.15) is 0 Å². The summed E-state index contributed by atoms with van der Waals surface area (Å²) in [5.74, 6) is -1.04. The molecule has 1 aromatic carbocycles. The summed E-state index contributed by atoms with van der Waals surface area (Å²) in [6, 6.07) is 6.63. The molecule has 0 unspecified atom stereocenters. The number of anilines is 1. The van der Waals surface area contributed by atoms with E-state index in [1.54, 1.807) is 24.7 Å². The minimum absolute atomic E-state index is 0.0869. The molecule has 2 rings (SSSR count). The van der Waals surface area contributed by atoms with Crippen molar-refractivity contribution in [3.8, 4) is 0 Å². The summed E-state index contributed by atoms with van der Waals surface area (Å²) in [6.45, 7) is 0.567. The lowest BCUT2D eigenvalue weighted by Gasteiger charge is -2.06. The summed E-state index contributed by atoms with van der Waals surface area (Å²) in [6.07, 6.45) is 3.21. The topological polar surface area (TPSA) is 62.5 Å². The van der Waals surface area contributed by atoms with Gasteiger partial charge < -0.3 is 14.8 Å². The summed E-state index contributed by atoms with van der Waals surface area (Å²) in [4.78, 5) is 10.9. The van der Waals surface area contributed by atoms with Gasteiger partial charge in [0.2, 0.25) is 0 Å². The first-order valence-corrected chi connectivity index (χ1v) is 5.32. The van der Waals surface area contributed by atoms with Gasteiger partial charge in [-0.25, -0.2) is 4.79 Å². The Balaban J connectivity index is 2.11. The van der Waals surface area contributed by atoms with Crippen LogP contribution in [0.3, 0.4) is 0 Å². The number of carboxylic acid groups (broad SMARTS) is 1. The van der Waals surface area contributed by atoms with Crippen molar-refractivity contribution in [3.05, 3.63) is 52.9 Å². The molecule has 0 amide bonds. The van der Waals surface area contributed by atoms with Crippen LogP contribution in [0.25, 0.3) is 0 Å². The SMILES string of the molecule is O=C(O)c1cc(NCc2ccoc2)ccc1Cl. The lowest BCUT2D eigenvalue weighted by atomic mass is 10.2. The highest BCUT2D eigenvalue weighted by Crippen LogP contribution is 2.21. The molecule has 2 aromatic rings. The van der Waals surface area contributed by atoms with Gasteiger partial charge in [-0.3, -0.25) is 0 Å². The van der Waals surface area contributed by atoms with Crippen molar-refractivity contribution < 1.29 is 14.3 Å². The second-order valence-electron chi connectivity index (χ2n) is 3.48. The first-order valence-electron chi connectivity index (χ1n) is 4.94. The van der Waals surface area contributed by atoms with Crippen LogP contribution in [-0.4, -0.2) is 11.1 Å². The van der Waals surface area contributed by atoms with E-state index >= 15 is 0 Å². The fourth-order valence-corrected chi connectivity index (χ4v) is 1.59. The van der Waals surface area contributed by atoms with E-state index in [2.05, 4.69) is 5.32 Å². The highest BCUT2D eigenvalue weighted by atomic mass is 35.5. The minimum atomic E-state index is -1.04. The average Bonchev–Trinajstić information content (AvgIpc) is 2.80. The van der Waals surface area contributed by atoms with Crippen molar-refractivity contribution in [3.63, 3.8) is 0 Å². The number of aromatic carboxylic acids is 1. The van der Waals surface area contributed by atoms with Crippen molar-refractivity contribution in [2.45, 2.75) is 6.54 Å². The molecule has 17 heavy (non-hydrogen) atoms. The van der Waals surface area contributed by atoms with Crippen molar-refractivity contribution in [1.29, 1.82) is 0 Å². The number of nitrogens with one attached hydrogen (secondary N) is 1. The molecule has 0 aliphatic carbocycles. The lowest BCUT2D eigenvalue weighted by Crippen LogP contribution is -2.02. The summed E-state index contributed by atoms with van der Waals surface area (Å²) in [5, 5.41) is 12.2. The van der Waals surface area contributed by atoms with Crippen LogP contribution < -0.4 is 5.32 Å². The van der Waals surface area contributed by atoms with Crippen LogP contribution in [0.4, 0.5) is 5.69 Å². The van der Waals surface area contributed by atoms with Crippen LogP contribution in [0.1, 0.15) is 15.9 Å². The van der Waals surface area contributed by atoms with Crippen molar-refractivity contribution >= 4 is 23.3 Å². The molecule has 2 N–H and O–H groups in total. The zero-order valence-electron chi connectivity index (χ0n) is 8.81. The fraction of sp³-hybridized carbons (Fsp3) is 0.0833. The second-order valence-corrected chi connectivity index (χ2v) is 3.89. The molecule has 0 radical (unpaired) electrons. The van der Waals surface area contributed by atoms with E-state index in [1.165, 1.54) is 6.07 Å². The maximum atomic E-state index is 10.9. The first kappa shape index (κ1) is 11.5. The molecule has 0 saturated carbocycles. The predicted octanol–water partition coefficient (Wildman–Crippen LogP) is 3.24. The Morgan fingerprint density at radius 2 is 2.24 bits per heavy atom. The lowest BCUT2D eigenvalue weighted by molar-refractivity contribution is 0.0697. The third kappa shape index (κ3) is 2.79. The number of furan rings is 1. The highest BCUT2D eigenvalue weighted by molar-refractivity contribution is 6.33. The van der Waals surface area contributed by atoms with Gasteiger partial charge in [0.05, 0.1) is 23.1 Å². The molecule has 0 aliphatic heterocycles. The normalized spacial score (nSPS) is 10.2. The van der Waals surface area contributed by atoms with Crippen LogP contribution in [0.2, 0.25) is 5.02 Å². The number of carbonyl (C=O) groups is 1. The predicted molar refractivity (Wildman–Crippen MR) is 64.4 cm³/mol. The van der Waals surface area contributed by atoms with Gasteiger partial charge in [-0.1, -0.05) is 11.6 Å². The minimum Gasteiger partial charge on any atom is -0.478 e. The fourth-order valence-electron chi connectivity index (χ4n) is 1.40. The van der Waals surface area contributed by atoms with E-state index in [-0.39, 0.29) is 10.6 Å². The van der Waals surface area contributed by atoms with Gasteiger partial charge in [-0.05, 0) is 24.3 Å². The number of benzene rings is 1. The number of rotatable bonds is 4. The molecule has 5 heteroatoms. The van der Waals surface area contributed by atoms with Gasteiger partial charge in [0, 0.05) is 17.8 Å². The van der Waals surface area contributed by atoms with Gasteiger partial charge in [-0.2, -0.15) is 0 Å². The molecule has 0 atom stereocenters. The van der Waals surface area contributed by atoms with Gasteiger partial charge in [-0.15, -0.1) is 0 Å². The van der Waals surface area contributed by atoms with Crippen LogP contribution >= 0.6 is 11.6 Å². The van der Waals surface area contributed by atoms with Crippen molar-refractivity contribution in [2.75, 3.05) is 5.32 Å². The van der Waals surface area contributed by atoms with Gasteiger partial charge in [0.15, 0.2) is 0 Å². The van der Waals surface area contributed by atoms with E-state index in [4.69, 9.17) is 21.1 Å². The molecule has 0 spiro atoms. The Morgan fingerprint density at radius 1 is 1.41 bits per heavy atom. The average molecular weight is 252 g/mol. The van der Waals surface area contributed by atoms with Crippen LogP contribution in [-0.2, 0) is 6.54 Å². The first-order chi connectivity index (χ1) is 8.16. The Kier molecular flexibility index (Phi) is 3.35. The van der Waals surface area contributed by atoms with E-state index < -0.39 is 5.97 Å². The summed E-state index contributed by atoms with van der Waals surface area (Å²) in [7, 11) is 0. The van der Waals surface area contributed by atoms with Gasteiger partial charge in [0.25, 0.3) is 0 Å². The zero-order valence-corrected chi connectivity index (χ0v) is 9.57. The standard InChI is InChI=1S/C12H10ClNO3/c13-11-2-1-9(5-10(11)12(15)16)14-6-8-3-4-17-7-8/h1-5,7,14H,6H2,(H,15,16). The molecular formula is C12H10ClNO3. The molecule has 0 aliphatic rings. The molecule has 1 heterocycles. The Labute approximate surface area is 103 Å². The van der Waals surface area contributed by atoms with Crippen molar-refractivity contribution in [2.24, 2.45) is 0 Å². The van der Waals surface area contributed by atoms with E-state index in [0.717, 1.165) is 5.56 Å². The highest BCUT2D eigenvalue weighted by Gasteiger charge is 2.09. The Hall–Kier alpha value is -1.94. The summed E-state index contributed by atoms with van der Waals surface area (Å²) < 4.78 is 4.93. The van der Waals surface area contributed by atoms with E-state index in [1.807, 2.05) is 6.07 Å². The van der Waals surface area contributed by atoms with E-state index in [0.29, 0.717) is 12.2 Å². The second kappa shape index (κ2) is 4.93. The van der Waals surface area contributed by atoms with Crippen molar-refractivity contribution in [1.82, 2.24) is 0 Å². The number of carboxylic acids is 1. The monoisotopic (exact) mass is 251 g/mol. The number of hydrogen-bond acceptors (Lipinski definition) is 3. The Bertz CT molecular complexity index is 523. The van der Waals surface area contributed by atoms with Crippen LogP contribution in [0, 0.1) is 0 Å². The maximum Gasteiger partial charge on any atom is 0.337 e.